The first-order valence-corrected chi connectivity index (χ1v) is 6.83. The van der Waals surface area contributed by atoms with Crippen molar-refractivity contribution in [2.45, 2.75) is 25.1 Å². The first-order chi connectivity index (χ1) is 11.3. The van der Waals surface area contributed by atoms with Crippen molar-refractivity contribution < 1.29 is 32.4 Å². The summed E-state index contributed by atoms with van der Waals surface area (Å²) in [6.45, 7) is 0. The molecule has 0 bridgehead atoms. The summed E-state index contributed by atoms with van der Waals surface area (Å²) < 4.78 is 41.5. The van der Waals surface area contributed by atoms with E-state index >= 15 is 0 Å². The second kappa shape index (κ2) is 5.62. The zero-order valence-electron chi connectivity index (χ0n) is 11.9. The van der Waals surface area contributed by atoms with Crippen LogP contribution in [0.5, 0.6) is 0 Å². The molecule has 0 unspecified atom stereocenters. The summed E-state index contributed by atoms with van der Waals surface area (Å²) in [5.74, 6) is -3.15. The maximum atomic E-state index is 12.5. The molecule has 1 fully saturated rings. The number of hydrogen-bond donors (Lipinski definition) is 1. The maximum absolute atomic E-state index is 12.5. The zero-order chi connectivity index (χ0) is 17.5. The average molecular weight is 341 g/mol. The maximum Gasteiger partial charge on any atom is 0.471 e. The van der Waals surface area contributed by atoms with E-state index in [-0.39, 0.29) is 30.1 Å². The van der Waals surface area contributed by atoms with Gasteiger partial charge in [-0.3, -0.25) is 9.69 Å². The van der Waals surface area contributed by atoms with Crippen LogP contribution in [0, 0.1) is 0 Å². The van der Waals surface area contributed by atoms with Crippen LogP contribution >= 0.6 is 0 Å². The van der Waals surface area contributed by atoms with Crippen molar-refractivity contribution in [1.29, 1.82) is 0 Å². The van der Waals surface area contributed by atoms with Gasteiger partial charge < -0.3 is 9.63 Å². The third-order valence-corrected chi connectivity index (χ3v) is 3.57. The van der Waals surface area contributed by atoms with Crippen LogP contribution in [-0.2, 0) is 15.8 Å². The van der Waals surface area contributed by atoms with Crippen LogP contribution in [0.4, 0.5) is 18.9 Å². The molecule has 2 aromatic rings. The molecule has 1 aliphatic heterocycles. The SMILES string of the molecule is O=C(O)[C@@H]1CCC(=O)N1c1ccc(-c2noc(C(F)(F)F)n2)cc1. The fraction of sp³-hybridized carbons (Fsp3) is 0.286. The molecule has 0 radical (unpaired) electrons. The molecule has 0 spiro atoms. The number of benzene rings is 1. The lowest BCUT2D eigenvalue weighted by Gasteiger charge is -2.21. The van der Waals surface area contributed by atoms with E-state index in [4.69, 9.17) is 5.11 Å². The normalized spacial score (nSPS) is 18.2. The summed E-state index contributed by atoms with van der Waals surface area (Å²) in [6, 6.07) is 4.69. The Morgan fingerprint density at radius 1 is 1.29 bits per heavy atom. The average Bonchev–Trinajstić information content (AvgIpc) is 3.13. The van der Waals surface area contributed by atoms with Gasteiger partial charge in [0.25, 0.3) is 0 Å². The van der Waals surface area contributed by atoms with Gasteiger partial charge in [-0.15, -0.1) is 0 Å². The van der Waals surface area contributed by atoms with Crippen LogP contribution in [0.15, 0.2) is 28.8 Å². The van der Waals surface area contributed by atoms with Gasteiger partial charge in [0.1, 0.15) is 6.04 Å². The fourth-order valence-electron chi connectivity index (χ4n) is 2.47. The highest BCUT2D eigenvalue weighted by Crippen LogP contribution is 2.31. The molecule has 1 amide bonds. The third kappa shape index (κ3) is 2.82. The van der Waals surface area contributed by atoms with E-state index in [0.29, 0.717) is 5.69 Å². The highest BCUT2D eigenvalue weighted by Gasteiger charge is 2.39. The quantitative estimate of drug-likeness (QED) is 0.920. The van der Waals surface area contributed by atoms with Crippen LogP contribution in [0.25, 0.3) is 11.4 Å². The first kappa shape index (κ1) is 16.0. The standard InChI is InChI=1S/C14H10F3N3O4/c15-14(16,17)13-18-11(19-24-13)7-1-3-8(4-2-7)20-9(12(22)23)5-6-10(20)21/h1-4,9H,5-6H2,(H,22,23)/t9-/m0/s1. The molecule has 10 heteroatoms. The Hall–Kier alpha value is -2.91. The second-order valence-electron chi connectivity index (χ2n) is 5.12. The largest absolute Gasteiger partial charge is 0.480 e. The van der Waals surface area contributed by atoms with Crippen molar-refractivity contribution >= 4 is 17.6 Å². The van der Waals surface area contributed by atoms with E-state index in [1.54, 1.807) is 0 Å². The minimum atomic E-state index is -4.73. The van der Waals surface area contributed by atoms with Gasteiger partial charge in [-0.25, -0.2) is 4.79 Å². The Labute approximate surface area is 132 Å². The van der Waals surface area contributed by atoms with Gasteiger partial charge in [-0.05, 0) is 30.7 Å². The Bertz CT molecular complexity index is 785. The van der Waals surface area contributed by atoms with Gasteiger partial charge in [0.05, 0.1) is 0 Å². The Morgan fingerprint density at radius 2 is 1.96 bits per heavy atom. The minimum absolute atomic E-state index is 0.124. The zero-order valence-corrected chi connectivity index (χ0v) is 11.9. The summed E-state index contributed by atoms with van der Waals surface area (Å²) in [5, 5.41) is 12.4. The van der Waals surface area contributed by atoms with Crippen molar-refractivity contribution in [2.75, 3.05) is 4.90 Å². The molecule has 7 nitrogen and oxygen atoms in total. The molecule has 1 N–H and O–H groups in total. The minimum Gasteiger partial charge on any atom is -0.480 e. The number of carbonyl (C=O) groups is 2. The number of aliphatic carboxylic acids is 1. The fourth-order valence-corrected chi connectivity index (χ4v) is 2.47. The monoisotopic (exact) mass is 341 g/mol. The van der Waals surface area contributed by atoms with E-state index in [2.05, 4.69) is 14.7 Å². The lowest BCUT2D eigenvalue weighted by molar-refractivity contribution is -0.159. The van der Waals surface area contributed by atoms with Crippen molar-refractivity contribution in [3.63, 3.8) is 0 Å². The number of carboxylic acid groups (broad SMARTS) is 1. The van der Waals surface area contributed by atoms with Gasteiger partial charge in [0.15, 0.2) is 0 Å². The van der Waals surface area contributed by atoms with Crippen molar-refractivity contribution in [2.24, 2.45) is 0 Å². The number of rotatable bonds is 3. The lowest BCUT2D eigenvalue weighted by Crippen LogP contribution is -2.38. The molecule has 0 saturated carbocycles. The number of aromatic nitrogens is 2. The smallest absolute Gasteiger partial charge is 0.471 e. The lowest BCUT2D eigenvalue weighted by atomic mass is 10.1. The van der Waals surface area contributed by atoms with Crippen LogP contribution in [0.1, 0.15) is 18.7 Å². The summed E-state index contributed by atoms with van der Waals surface area (Å²) >= 11 is 0. The Morgan fingerprint density at radius 3 is 2.50 bits per heavy atom. The molecule has 0 aliphatic carbocycles. The van der Waals surface area contributed by atoms with Crippen molar-refractivity contribution in [1.82, 2.24) is 10.1 Å². The van der Waals surface area contributed by atoms with E-state index in [9.17, 15) is 22.8 Å². The number of anilines is 1. The highest BCUT2D eigenvalue weighted by molar-refractivity contribution is 6.02. The summed E-state index contributed by atoms with van der Waals surface area (Å²) in [7, 11) is 0. The van der Waals surface area contributed by atoms with Gasteiger partial charge in [0.2, 0.25) is 11.7 Å². The van der Waals surface area contributed by atoms with E-state index in [1.165, 1.54) is 24.3 Å². The molecule has 1 atom stereocenters. The van der Waals surface area contributed by atoms with Crippen LogP contribution in [0.2, 0.25) is 0 Å². The van der Waals surface area contributed by atoms with E-state index in [0.717, 1.165) is 4.90 Å². The number of hydrogen-bond acceptors (Lipinski definition) is 5. The molecule has 1 aliphatic rings. The molecular formula is C14H10F3N3O4. The number of nitrogens with zero attached hydrogens (tertiary/aromatic N) is 3. The highest BCUT2D eigenvalue weighted by atomic mass is 19.4. The molecule has 2 heterocycles. The first-order valence-electron chi connectivity index (χ1n) is 6.83. The van der Waals surface area contributed by atoms with Crippen LogP contribution < -0.4 is 4.90 Å². The van der Waals surface area contributed by atoms with E-state index < -0.39 is 24.1 Å². The summed E-state index contributed by atoms with van der Waals surface area (Å²) in [5.41, 5.74) is 0.588. The van der Waals surface area contributed by atoms with Crippen molar-refractivity contribution in [3.05, 3.63) is 30.2 Å². The predicted molar refractivity (Wildman–Crippen MR) is 72.9 cm³/mol. The molecule has 24 heavy (non-hydrogen) atoms. The number of carbonyl (C=O) groups excluding carboxylic acids is 1. The van der Waals surface area contributed by atoms with Gasteiger partial charge in [0, 0.05) is 17.7 Å². The molecule has 3 rings (SSSR count). The molecule has 126 valence electrons. The topological polar surface area (TPSA) is 96.5 Å². The van der Waals surface area contributed by atoms with Gasteiger partial charge in [-0.1, -0.05) is 5.16 Å². The van der Waals surface area contributed by atoms with Gasteiger partial charge >= 0.3 is 18.0 Å². The predicted octanol–water partition coefficient (Wildman–Crippen LogP) is 2.34. The summed E-state index contributed by atoms with van der Waals surface area (Å²) in [4.78, 5) is 27.5. The summed E-state index contributed by atoms with van der Waals surface area (Å²) in [6.07, 6.45) is -4.41. The van der Waals surface area contributed by atoms with Gasteiger partial charge in [-0.2, -0.15) is 18.2 Å². The number of amides is 1. The molecule has 1 aromatic heterocycles. The second-order valence-corrected chi connectivity index (χ2v) is 5.12. The third-order valence-electron chi connectivity index (χ3n) is 3.57. The number of alkyl halides is 3. The van der Waals surface area contributed by atoms with Crippen LogP contribution in [-0.4, -0.2) is 33.2 Å². The Balaban J connectivity index is 1.87. The molecule has 1 aromatic carbocycles. The van der Waals surface area contributed by atoms with Crippen LogP contribution in [0.3, 0.4) is 0 Å². The number of carboxylic acids is 1. The molecule has 1 saturated heterocycles. The van der Waals surface area contributed by atoms with Crippen molar-refractivity contribution in [3.8, 4) is 11.4 Å². The number of halogens is 3. The molecular weight excluding hydrogens is 331 g/mol. The van der Waals surface area contributed by atoms with E-state index in [1.807, 2.05) is 0 Å². The Kier molecular flexibility index (Phi) is 3.74.